The Balaban J connectivity index is 2.04. The van der Waals surface area contributed by atoms with Crippen molar-refractivity contribution in [2.24, 2.45) is 0 Å². The fourth-order valence-corrected chi connectivity index (χ4v) is 2.62. The Hall–Kier alpha value is -3.15. The van der Waals surface area contributed by atoms with Gasteiger partial charge in [-0.05, 0) is 11.6 Å². The first-order valence-corrected chi connectivity index (χ1v) is 7.64. The van der Waals surface area contributed by atoms with E-state index in [2.05, 4.69) is 5.10 Å². The first-order valence-electron chi connectivity index (χ1n) is 7.64. The van der Waals surface area contributed by atoms with Gasteiger partial charge in [-0.3, -0.25) is 9.48 Å². The van der Waals surface area contributed by atoms with E-state index in [1.807, 2.05) is 30.3 Å². The van der Waals surface area contributed by atoms with E-state index in [1.165, 1.54) is 26.4 Å². The molecule has 0 N–H and O–H groups in total. The van der Waals surface area contributed by atoms with Crippen molar-refractivity contribution in [1.82, 2.24) is 9.78 Å². The Morgan fingerprint density at radius 2 is 1.80 bits per heavy atom. The highest BCUT2D eigenvalue weighted by molar-refractivity contribution is 5.86. The standard InChI is InChI=1S/C19H17FN2O3/c1-24-17-8-15(16(20)9-18(17)25-2)19-14(12-23)11-22(21-19)10-13-6-4-3-5-7-13/h3-9,11-12H,10H2,1-2H3. The van der Waals surface area contributed by atoms with Crippen molar-refractivity contribution in [3.05, 3.63) is 65.6 Å². The van der Waals surface area contributed by atoms with Gasteiger partial charge in [0.05, 0.1) is 26.3 Å². The van der Waals surface area contributed by atoms with Crippen LogP contribution >= 0.6 is 0 Å². The van der Waals surface area contributed by atoms with Crippen LogP contribution in [0.2, 0.25) is 0 Å². The highest BCUT2D eigenvalue weighted by Crippen LogP contribution is 2.35. The average molecular weight is 340 g/mol. The third-order valence-electron chi connectivity index (χ3n) is 3.83. The van der Waals surface area contributed by atoms with Crippen molar-refractivity contribution in [3.8, 4) is 22.8 Å². The van der Waals surface area contributed by atoms with E-state index in [4.69, 9.17) is 9.47 Å². The molecule has 0 aliphatic heterocycles. The van der Waals surface area contributed by atoms with Crippen LogP contribution < -0.4 is 9.47 Å². The van der Waals surface area contributed by atoms with E-state index in [0.717, 1.165) is 5.56 Å². The number of methoxy groups -OCH3 is 2. The summed E-state index contributed by atoms with van der Waals surface area (Å²) in [6.45, 7) is 0.483. The number of ether oxygens (including phenoxy) is 2. The molecule has 0 fully saturated rings. The van der Waals surface area contributed by atoms with E-state index < -0.39 is 5.82 Å². The summed E-state index contributed by atoms with van der Waals surface area (Å²) in [4.78, 5) is 11.4. The van der Waals surface area contributed by atoms with Crippen LogP contribution in [-0.2, 0) is 6.54 Å². The largest absolute Gasteiger partial charge is 0.493 e. The van der Waals surface area contributed by atoms with Crippen LogP contribution in [0.5, 0.6) is 11.5 Å². The van der Waals surface area contributed by atoms with E-state index in [9.17, 15) is 9.18 Å². The highest BCUT2D eigenvalue weighted by atomic mass is 19.1. The second kappa shape index (κ2) is 7.17. The van der Waals surface area contributed by atoms with Gasteiger partial charge in [0.15, 0.2) is 17.8 Å². The van der Waals surface area contributed by atoms with Crippen molar-refractivity contribution in [2.75, 3.05) is 14.2 Å². The number of aldehydes is 1. The molecule has 0 atom stereocenters. The maximum absolute atomic E-state index is 14.5. The molecule has 0 aliphatic rings. The van der Waals surface area contributed by atoms with Gasteiger partial charge < -0.3 is 9.47 Å². The molecule has 6 heteroatoms. The van der Waals surface area contributed by atoms with Crippen LogP contribution in [0.3, 0.4) is 0 Å². The predicted octanol–water partition coefficient (Wildman–Crippen LogP) is 3.57. The third-order valence-corrected chi connectivity index (χ3v) is 3.83. The Labute approximate surface area is 144 Å². The van der Waals surface area contributed by atoms with Crippen LogP contribution in [0.1, 0.15) is 15.9 Å². The quantitative estimate of drug-likeness (QED) is 0.644. The van der Waals surface area contributed by atoms with Gasteiger partial charge in [-0.15, -0.1) is 0 Å². The number of nitrogens with zero attached hydrogens (tertiary/aromatic N) is 2. The molecule has 0 aliphatic carbocycles. The first-order chi connectivity index (χ1) is 12.2. The number of hydrogen-bond acceptors (Lipinski definition) is 4. The van der Waals surface area contributed by atoms with Crippen molar-refractivity contribution >= 4 is 6.29 Å². The maximum Gasteiger partial charge on any atom is 0.163 e. The molecule has 0 amide bonds. The molecule has 0 saturated carbocycles. The predicted molar refractivity (Wildman–Crippen MR) is 91.7 cm³/mol. The zero-order valence-corrected chi connectivity index (χ0v) is 13.9. The molecular weight excluding hydrogens is 323 g/mol. The second-order valence-electron chi connectivity index (χ2n) is 5.42. The van der Waals surface area contributed by atoms with Crippen molar-refractivity contribution < 1.29 is 18.7 Å². The number of carbonyl (C=O) groups is 1. The molecule has 3 aromatic rings. The zero-order valence-electron chi connectivity index (χ0n) is 13.9. The number of rotatable bonds is 6. The zero-order chi connectivity index (χ0) is 17.8. The van der Waals surface area contributed by atoms with Gasteiger partial charge >= 0.3 is 0 Å². The van der Waals surface area contributed by atoms with Crippen molar-refractivity contribution in [1.29, 1.82) is 0 Å². The number of hydrogen-bond donors (Lipinski definition) is 0. The summed E-state index contributed by atoms with van der Waals surface area (Å²) in [5.41, 5.74) is 1.79. The summed E-state index contributed by atoms with van der Waals surface area (Å²) in [5, 5.41) is 4.39. The summed E-state index contributed by atoms with van der Waals surface area (Å²) in [6, 6.07) is 12.4. The Morgan fingerprint density at radius 1 is 1.12 bits per heavy atom. The molecule has 1 aromatic heterocycles. The number of carbonyl (C=O) groups excluding carboxylic acids is 1. The number of benzene rings is 2. The highest BCUT2D eigenvalue weighted by Gasteiger charge is 2.18. The molecule has 1 heterocycles. The molecule has 2 aromatic carbocycles. The third kappa shape index (κ3) is 3.38. The molecule has 0 bridgehead atoms. The lowest BCUT2D eigenvalue weighted by atomic mass is 10.1. The Morgan fingerprint density at radius 3 is 2.44 bits per heavy atom. The molecule has 3 rings (SSSR count). The molecule has 0 spiro atoms. The minimum Gasteiger partial charge on any atom is -0.493 e. The monoisotopic (exact) mass is 340 g/mol. The van der Waals surface area contributed by atoms with Gasteiger partial charge in [-0.25, -0.2) is 4.39 Å². The first kappa shape index (κ1) is 16.7. The molecular formula is C19H17FN2O3. The summed E-state index contributed by atoms with van der Waals surface area (Å²) >= 11 is 0. The Kier molecular flexibility index (Phi) is 4.79. The van der Waals surface area contributed by atoms with Gasteiger partial charge in [-0.1, -0.05) is 30.3 Å². The smallest absolute Gasteiger partial charge is 0.163 e. The van der Waals surface area contributed by atoms with Crippen LogP contribution in [-0.4, -0.2) is 30.3 Å². The normalized spacial score (nSPS) is 10.5. The lowest BCUT2D eigenvalue weighted by Crippen LogP contribution is -2.00. The Bertz CT molecular complexity index is 891. The summed E-state index contributed by atoms with van der Waals surface area (Å²) in [6.07, 6.45) is 2.27. The molecule has 5 nitrogen and oxygen atoms in total. The molecule has 0 saturated heterocycles. The molecule has 25 heavy (non-hydrogen) atoms. The van der Waals surface area contributed by atoms with Gasteiger partial charge in [0.2, 0.25) is 0 Å². The number of aromatic nitrogens is 2. The van der Waals surface area contributed by atoms with E-state index >= 15 is 0 Å². The summed E-state index contributed by atoms with van der Waals surface area (Å²) < 4.78 is 26.4. The topological polar surface area (TPSA) is 53.4 Å². The summed E-state index contributed by atoms with van der Waals surface area (Å²) in [5.74, 6) is 0.110. The van der Waals surface area contributed by atoms with Crippen LogP contribution in [0.25, 0.3) is 11.3 Å². The van der Waals surface area contributed by atoms with E-state index in [1.54, 1.807) is 10.9 Å². The molecule has 0 unspecified atom stereocenters. The fourth-order valence-electron chi connectivity index (χ4n) is 2.62. The SMILES string of the molecule is COc1cc(F)c(-c2nn(Cc3ccccc3)cc2C=O)cc1OC. The lowest BCUT2D eigenvalue weighted by molar-refractivity contribution is 0.112. The summed E-state index contributed by atoms with van der Waals surface area (Å²) in [7, 11) is 2.90. The molecule has 128 valence electrons. The minimum absolute atomic E-state index is 0.187. The van der Waals surface area contributed by atoms with Gasteiger partial charge in [-0.2, -0.15) is 5.10 Å². The number of halogens is 1. The average Bonchev–Trinajstić information content (AvgIpc) is 3.04. The van der Waals surface area contributed by atoms with Gasteiger partial charge in [0, 0.05) is 17.8 Å². The van der Waals surface area contributed by atoms with E-state index in [-0.39, 0.29) is 17.0 Å². The van der Waals surface area contributed by atoms with Crippen molar-refractivity contribution in [3.63, 3.8) is 0 Å². The van der Waals surface area contributed by atoms with Crippen molar-refractivity contribution in [2.45, 2.75) is 6.54 Å². The van der Waals surface area contributed by atoms with Crippen LogP contribution in [0, 0.1) is 5.82 Å². The minimum atomic E-state index is -0.536. The maximum atomic E-state index is 14.5. The lowest BCUT2D eigenvalue weighted by Gasteiger charge is -2.10. The van der Waals surface area contributed by atoms with E-state index in [0.29, 0.717) is 24.1 Å². The molecule has 0 radical (unpaired) electrons. The van der Waals surface area contributed by atoms with Crippen LogP contribution in [0.4, 0.5) is 4.39 Å². The fraction of sp³-hybridized carbons (Fsp3) is 0.158. The van der Waals surface area contributed by atoms with Gasteiger partial charge in [0.25, 0.3) is 0 Å². The van der Waals surface area contributed by atoms with Gasteiger partial charge in [0.1, 0.15) is 11.5 Å². The second-order valence-corrected chi connectivity index (χ2v) is 5.42. The van der Waals surface area contributed by atoms with Crippen LogP contribution in [0.15, 0.2) is 48.7 Å².